The van der Waals surface area contributed by atoms with Gasteiger partial charge in [0.1, 0.15) is 5.92 Å². The molecule has 0 aliphatic heterocycles. The van der Waals surface area contributed by atoms with Crippen molar-refractivity contribution in [3.8, 4) is 0 Å². The lowest BCUT2D eigenvalue weighted by atomic mass is 9.86. The van der Waals surface area contributed by atoms with E-state index in [4.69, 9.17) is 10.1 Å². The summed E-state index contributed by atoms with van der Waals surface area (Å²) in [7, 11) is 0. The smallest absolute Gasteiger partial charge is 0.319 e. The van der Waals surface area contributed by atoms with Crippen molar-refractivity contribution in [2.24, 2.45) is 0 Å². The first-order valence-electron chi connectivity index (χ1n) is 5.26. The van der Waals surface area contributed by atoms with Crippen LogP contribution in [0.25, 0.3) is 6.08 Å². The van der Waals surface area contributed by atoms with Gasteiger partial charge in [0, 0.05) is 0 Å². The number of fused-ring (bicyclic) bond motifs is 1. The highest BCUT2D eigenvalue weighted by molar-refractivity contribution is 6.15. The van der Waals surface area contributed by atoms with Gasteiger partial charge in [-0.3, -0.25) is 4.79 Å². The second-order valence-corrected chi connectivity index (χ2v) is 3.60. The molecule has 1 aromatic rings. The molecule has 16 heavy (non-hydrogen) atoms. The van der Waals surface area contributed by atoms with E-state index in [1.807, 2.05) is 30.3 Å². The van der Waals surface area contributed by atoms with Crippen molar-refractivity contribution in [1.82, 2.24) is 0 Å². The summed E-state index contributed by atoms with van der Waals surface area (Å²) < 4.78 is 4.99. The van der Waals surface area contributed by atoms with Crippen molar-refractivity contribution in [2.75, 3.05) is 6.61 Å². The first-order chi connectivity index (χ1) is 7.74. The van der Waals surface area contributed by atoms with E-state index in [9.17, 15) is 4.79 Å². The maximum absolute atomic E-state index is 11.8. The molecule has 0 heterocycles. The Morgan fingerprint density at radius 3 is 2.88 bits per heavy atom. The molecule has 0 spiro atoms. The second kappa shape index (κ2) is 4.31. The monoisotopic (exact) mass is 215 g/mol. The zero-order valence-corrected chi connectivity index (χ0v) is 9.07. The van der Waals surface area contributed by atoms with Gasteiger partial charge in [0.2, 0.25) is 0 Å². The summed E-state index contributed by atoms with van der Waals surface area (Å²) in [5.41, 5.74) is 2.13. The fourth-order valence-corrected chi connectivity index (χ4v) is 1.85. The number of nitrogens with one attached hydrogen (secondary N) is 1. The van der Waals surface area contributed by atoms with E-state index >= 15 is 0 Å². The normalized spacial score (nSPS) is 18.1. The van der Waals surface area contributed by atoms with Crippen LogP contribution >= 0.6 is 0 Å². The Kier molecular flexibility index (Phi) is 2.86. The van der Waals surface area contributed by atoms with Crippen LogP contribution in [0.3, 0.4) is 0 Å². The van der Waals surface area contributed by atoms with Gasteiger partial charge < -0.3 is 10.1 Å². The van der Waals surface area contributed by atoms with Crippen LogP contribution in [0, 0.1) is 5.41 Å². The number of carbonyl (C=O) groups excluding carboxylic acids is 1. The van der Waals surface area contributed by atoms with Gasteiger partial charge in [-0.15, -0.1) is 0 Å². The first kappa shape index (κ1) is 10.6. The lowest BCUT2D eigenvalue weighted by Gasteiger charge is -2.20. The largest absolute Gasteiger partial charge is 0.465 e. The standard InChI is InChI=1S/C13H13NO2/c1-2-16-13(15)12-10-6-4-3-5-9(10)7-8-11(12)14/h3-8,12,14H,2H2,1H3. The molecular weight excluding hydrogens is 202 g/mol. The van der Waals surface area contributed by atoms with Crippen molar-refractivity contribution in [3.63, 3.8) is 0 Å². The minimum atomic E-state index is -0.568. The summed E-state index contributed by atoms with van der Waals surface area (Å²) in [6.45, 7) is 2.11. The topological polar surface area (TPSA) is 50.2 Å². The van der Waals surface area contributed by atoms with Crippen LogP contribution in [-0.4, -0.2) is 18.3 Å². The maximum atomic E-state index is 11.8. The SMILES string of the molecule is CCOC(=O)C1C(=N)C=Cc2ccccc21. The van der Waals surface area contributed by atoms with Crippen molar-refractivity contribution in [1.29, 1.82) is 5.41 Å². The number of hydrogen-bond donors (Lipinski definition) is 1. The van der Waals surface area contributed by atoms with Crippen LogP contribution in [0.1, 0.15) is 24.0 Å². The van der Waals surface area contributed by atoms with E-state index in [0.29, 0.717) is 6.61 Å². The Labute approximate surface area is 94.3 Å². The molecule has 82 valence electrons. The predicted molar refractivity (Wildman–Crippen MR) is 62.6 cm³/mol. The van der Waals surface area contributed by atoms with Gasteiger partial charge in [0.15, 0.2) is 0 Å². The third kappa shape index (κ3) is 1.76. The Hall–Kier alpha value is -1.90. The molecule has 2 rings (SSSR count). The van der Waals surface area contributed by atoms with Gasteiger partial charge in [-0.25, -0.2) is 0 Å². The molecule has 1 aromatic carbocycles. The average molecular weight is 215 g/mol. The van der Waals surface area contributed by atoms with Gasteiger partial charge in [-0.05, 0) is 24.1 Å². The molecule has 1 aliphatic carbocycles. The highest BCUT2D eigenvalue weighted by atomic mass is 16.5. The van der Waals surface area contributed by atoms with Crippen molar-refractivity contribution < 1.29 is 9.53 Å². The van der Waals surface area contributed by atoms with E-state index in [1.165, 1.54) is 0 Å². The number of hydrogen-bond acceptors (Lipinski definition) is 3. The van der Waals surface area contributed by atoms with E-state index in [-0.39, 0.29) is 11.7 Å². The molecule has 0 radical (unpaired) electrons. The van der Waals surface area contributed by atoms with Gasteiger partial charge in [-0.1, -0.05) is 30.3 Å². The van der Waals surface area contributed by atoms with E-state index in [0.717, 1.165) is 11.1 Å². The summed E-state index contributed by atoms with van der Waals surface area (Å²) in [6.07, 6.45) is 3.51. The van der Waals surface area contributed by atoms with Gasteiger partial charge in [0.05, 0.1) is 12.3 Å². The predicted octanol–water partition coefficient (Wildman–Crippen LogP) is 2.38. The van der Waals surface area contributed by atoms with Crippen molar-refractivity contribution in [2.45, 2.75) is 12.8 Å². The number of ether oxygens (including phenoxy) is 1. The van der Waals surface area contributed by atoms with Crippen LogP contribution in [0.4, 0.5) is 0 Å². The zero-order chi connectivity index (χ0) is 11.5. The van der Waals surface area contributed by atoms with Crippen LogP contribution < -0.4 is 0 Å². The quantitative estimate of drug-likeness (QED) is 0.770. The molecule has 1 atom stereocenters. The fraction of sp³-hybridized carbons (Fsp3) is 0.231. The van der Waals surface area contributed by atoms with Crippen molar-refractivity contribution >= 4 is 17.8 Å². The summed E-state index contributed by atoms with van der Waals surface area (Å²) >= 11 is 0. The molecule has 0 saturated heterocycles. The van der Waals surface area contributed by atoms with Gasteiger partial charge in [-0.2, -0.15) is 0 Å². The third-order valence-electron chi connectivity index (χ3n) is 2.58. The Morgan fingerprint density at radius 2 is 2.12 bits per heavy atom. The molecule has 1 unspecified atom stereocenters. The van der Waals surface area contributed by atoms with Crippen LogP contribution in [0.5, 0.6) is 0 Å². The van der Waals surface area contributed by atoms with Crippen LogP contribution in [0.15, 0.2) is 30.3 Å². The number of benzene rings is 1. The maximum Gasteiger partial charge on any atom is 0.319 e. The average Bonchev–Trinajstić information content (AvgIpc) is 2.29. The van der Waals surface area contributed by atoms with E-state index in [2.05, 4.69) is 0 Å². The Balaban J connectivity index is 2.41. The molecule has 3 nitrogen and oxygen atoms in total. The molecule has 0 amide bonds. The number of rotatable bonds is 2. The Bertz CT molecular complexity index is 463. The van der Waals surface area contributed by atoms with Gasteiger partial charge >= 0.3 is 5.97 Å². The third-order valence-corrected chi connectivity index (χ3v) is 2.58. The molecule has 1 N–H and O–H groups in total. The highest BCUT2D eigenvalue weighted by Gasteiger charge is 2.29. The van der Waals surface area contributed by atoms with Gasteiger partial charge in [0.25, 0.3) is 0 Å². The number of allylic oxidation sites excluding steroid dienone is 1. The first-order valence-corrected chi connectivity index (χ1v) is 5.26. The minimum Gasteiger partial charge on any atom is -0.465 e. The fourth-order valence-electron chi connectivity index (χ4n) is 1.85. The highest BCUT2D eigenvalue weighted by Crippen LogP contribution is 2.28. The molecular formula is C13H13NO2. The summed E-state index contributed by atoms with van der Waals surface area (Å²) in [5.74, 6) is -0.912. The summed E-state index contributed by atoms with van der Waals surface area (Å²) in [4.78, 5) is 11.8. The van der Waals surface area contributed by atoms with E-state index < -0.39 is 5.92 Å². The summed E-state index contributed by atoms with van der Waals surface area (Å²) in [6, 6.07) is 7.59. The van der Waals surface area contributed by atoms with Crippen LogP contribution in [0.2, 0.25) is 0 Å². The molecule has 3 heteroatoms. The zero-order valence-electron chi connectivity index (χ0n) is 9.07. The molecule has 0 bridgehead atoms. The van der Waals surface area contributed by atoms with Crippen molar-refractivity contribution in [3.05, 3.63) is 41.5 Å². The molecule has 0 fully saturated rings. The summed E-state index contributed by atoms with van der Waals surface area (Å²) in [5, 5.41) is 7.80. The number of carbonyl (C=O) groups is 1. The lowest BCUT2D eigenvalue weighted by molar-refractivity contribution is -0.143. The molecule has 0 aromatic heterocycles. The minimum absolute atomic E-state index is 0.289. The second-order valence-electron chi connectivity index (χ2n) is 3.60. The van der Waals surface area contributed by atoms with E-state index in [1.54, 1.807) is 13.0 Å². The number of esters is 1. The Morgan fingerprint density at radius 1 is 1.38 bits per heavy atom. The van der Waals surface area contributed by atoms with Crippen LogP contribution in [-0.2, 0) is 9.53 Å². The molecule has 1 aliphatic rings. The molecule has 0 saturated carbocycles. The lowest BCUT2D eigenvalue weighted by Crippen LogP contribution is -2.25.